The van der Waals surface area contributed by atoms with Crippen molar-refractivity contribution in [2.75, 3.05) is 14.2 Å². The van der Waals surface area contributed by atoms with E-state index in [1.807, 2.05) is 42.5 Å². The molecule has 26 heavy (non-hydrogen) atoms. The van der Waals surface area contributed by atoms with Gasteiger partial charge in [-0.05, 0) is 18.2 Å². The minimum atomic E-state index is -0.369. The maximum Gasteiger partial charge on any atom is 0.205 e. The summed E-state index contributed by atoms with van der Waals surface area (Å²) < 4.78 is 18.0. The van der Waals surface area contributed by atoms with Crippen molar-refractivity contribution in [1.29, 1.82) is 5.26 Å². The monoisotopic (exact) mass is 364 g/mol. The standard InChI is InChI=1S/C20H16N2O3S/c1-23-14-8-5-7-12(17(14)24-2)16-13(10-21)20(22)25-18-11-6-3-4-9-15(11)26-19(16)18/h3-9,16H,22H2,1-2H3/t16-/m0/s1. The normalized spacial score (nSPS) is 16.0. The van der Waals surface area contributed by atoms with E-state index in [4.69, 9.17) is 19.9 Å². The number of thiophene rings is 1. The predicted octanol–water partition coefficient (Wildman–Crippen LogP) is 4.14. The van der Waals surface area contributed by atoms with Crippen LogP contribution in [0.25, 0.3) is 10.1 Å². The minimum Gasteiger partial charge on any atom is -0.493 e. The summed E-state index contributed by atoms with van der Waals surface area (Å²) in [6.07, 6.45) is 0. The Morgan fingerprint density at radius 3 is 2.65 bits per heavy atom. The fourth-order valence-corrected chi connectivity index (χ4v) is 4.59. The molecule has 1 aliphatic rings. The first-order valence-corrected chi connectivity index (χ1v) is 8.81. The van der Waals surface area contributed by atoms with Gasteiger partial charge in [-0.1, -0.05) is 24.3 Å². The minimum absolute atomic E-state index is 0.124. The Labute approximate surface area is 154 Å². The molecule has 0 spiro atoms. The number of nitrogens with zero attached hydrogens (tertiary/aromatic N) is 1. The molecule has 130 valence electrons. The third-order valence-corrected chi connectivity index (χ3v) is 5.69. The number of fused-ring (bicyclic) bond motifs is 3. The van der Waals surface area contributed by atoms with Crippen LogP contribution in [0.2, 0.25) is 0 Å². The van der Waals surface area contributed by atoms with Crippen molar-refractivity contribution in [1.82, 2.24) is 0 Å². The molecule has 0 aliphatic carbocycles. The molecule has 5 nitrogen and oxygen atoms in total. The maximum absolute atomic E-state index is 9.75. The Balaban J connectivity index is 2.03. The average Bonchev–Trinajstić information content (AvgIpc) is 3.04. The van der Waals surface area contributed by atoms with E-state index in [1.165, 1.54) is 0 Å². The first-order valence-electron chi connectivity index (χ1n) is 7.99. The topological polar surface area (TPSA) is 77.5 Å². The summed E-state index contributed by atoms with van der Waals surface area (Å²) in [5, 5.41) is 10.7. The molecule has 1 atom stereocenters. The van der Waals surface area contributed by atoms with Gasteiger partial charge in [-0.2, -0.15) is 5.26 Å². The number of nitriles is 1. The summed E-state index contributed by atoms with van der Waals surface area (Å²) in [5.41, 5.74) is 7.30. The number of nitrogens with two attached hydrogens (primary N) is 1. The van der Waals surface area contributed by atoms with Gasteiger partial charge in [0.1, 0.15) is 11.6 Å². The number of para-hydroxylation sites is 1. The van der Waals surface area contributed by atoms with Crippen molar-refractivity contribution in [3.63, 3.8) is 0 Å². The van der Waals surface area contributed by atoms with Crippen LogP contribution in [0, 0.1) is 11.3 Å². The number of hydrogen-bond acceptors (Lipinski definition) is 6. The van der Waals surface area contributed by atoms with Gasteiger partial charge in [0.2, 0.25) is 5.88 Å². The van der Waals surface area contributed by atoms with Crippen LogP contribution in [0.15, 0.2) is 53.9 Å². The molecule has 1 aliphatic heterocycles. The smallest absolute Gasteiger partial charge is 0.205 e. The molecule has 3 aromatic rings. The van der Waals surface area contributed by atoms with Crippen LogP contribution in [-0.4, -0.2) is 14.2 Å². The lowest BCUT2D eigenvalue weighted by molar-refractivity contribution is 0.349. The van der Waals surface area contributed by atoms with Crippen molar-refractivity contribution in [3.8, 4) is 23.3 Å². The predicted molar refractivity (Wildman–Crippen MR) is 101 cm³/mol. The third kappa shape index (κ3) is 2.29. The summed E-state index contributed by atoms with van der Waals surface area (Å²) in [6.45, 7) is 0. The van der Waals surface area contributed by atoms with Gasteiger partial charge in [0.05, 0.1) is 25.0 Å². The number of rotatable bonds is 3. The highest BCUT2D eigenvalue weighted by molar-refractivity contribution is 7.19. The SMILES string of the molecule is COc1cccc([C@H]2C(C#N)=C(N)Oc3c2sc2ccccc32)c1OC. The lowest BCUT2D eigenvalue weighted by atomic mass is 9.87. The van der Waals surface area contributed by atoms with Crippen LogP contribution < -0.4 is 19.9 Å². The summed E-state index contributed by atoms with van der Waals surface area (Å²) in [6, 6.07) is 15.8. The molecule has 4 rings (SSSR count). The van der Waals surface area contributed by atoms with Crippen molar-refractivity contribution >= 4 is 21.4 Å². The summed E-state index contributed by atoms with van der Waals surface area (Å²) >= 11 is 1.59. The van der Waals surface area contributed by atoms with Crippen LogP contribution in [0.5, 0.6) is 17.2 Å². The Bertz CT molecular complexity index is 1080. The lowest BCUT2D eigenvalue weighted by Gasteiger charge is -2.25. The molecule has 0 unspecified atom stereocenters. The zero-order chi connectivity index (χ0) is 18.3. The lowest BCUT2D eigenvalue weighted by Crippen LogP contribution is -2.20. The molecule has 0 fully saturated rings. The number of allylic oxidation sites excluding steroid dienone is 1. The number of methoxy groups -OCH3 is 2. The molecule has 0 bridgehead atoms. The van der Waals surface area contributed by atoms with Gasteiger partial charge in [-0.3, -0.25) is 0 Å². The van der Waals surface area contributed by atoms with Crippen molar-refractivity contribution in [3.05, 3.63) is 64.4 Å². The summed E-state index contributed by atoms with van der Waals surface area (Å²) in [7, 11) is 3.18. The van der Waals surface area contributed by atoms with E-state index in [2.05, 4.69) is 6.07 Å². The first kappa shape index (κ1) is 16.3. The Kier molecular flexibility index (Phi) is 3.94. The molecule has 6 heteroatoms. The Morgan fingerprint density at radius 2 is 1.92 bits per heavy atom. The largest absolute Gasteiger partial charge is 0.493 e. The molecule has 2 aromatic carbocycles. The van der Waals surface area contributed by atoms with Crippen molar-refractivity contribution in [2.24, 2.45) is 5.73 Å². The van der Waals surface area contributed by atoms with E-state index >= 15 is 0 Å². The molecular weight excluding hydrogens is 348 g/mol. The van der Waals surface area contributed by atoms with Crippen LogP contribution in [-0.2, 0) is 0 Å². The van der Waals surface area contributed by atoms with E-state index in [-0.39, 0.29) is 11.8 Å². The molecule has 2 heterocycles. The number of ether oxygens (including phenoxy) is 3. The fraction of sp³-hybridized carbons (Fsp3) is 0.150. The van der Waals surface area contributed by atoms with Crippen LogP contribution >= 0.6 is 11.3 Å². The third-order valence-electron chi connectivity index (χ3n) is 4.47. The van der Waals surface area contributed by atoms with Gasteiger partial charge >= 0.3 is 0 Å². The van der Waals surface area contributed by atoms with Crippen molar-refractivity contribution in [2.45, 2.75) is 5.92 Å². The molecule has 0 amide bonds. The Morgan fingerprint density at radius 1 is 1.12 bits per heavy atom. The van der Waals surface area contributed by atoms with Gasteiger partial charge in [-0.15, -0.1) is 11.3 Å². The van der Waals surface area contributed by atoms with Gasteiger partial charge in [0.15, 0.2) is 17.2 Å². The number of benzene rings is 2. The zero-order valence-corrected chi connectivity index (χ0v) is 15.1. The number of hydrogen-bond donors (Lipinski definition) is 1. The van der Waals surface area contributed by atoms with E-state index in [0.29, 0.717) is 22.8 Å². The molecular formula is C20H16N2O3S. The average molecular weight is 364 g/mol. The molecule has 2 N–H and O–H groups in total. The maximum atomic E-state index is 9.75. The highest BCUT2D eigenvalue weighted by Crippen LogP contribution is 2.52. The van der Waals surface area contributed by atoms with Gasteiger partial charge in [0, 0.05) is 15.6 Å². The van der Waals surface area contributed by atoms with E-state index in [9.17, 15) is 5.26 Å². The summed E-state index contributed by atoms with van der Waals surface area (Å²) in [4.78, 5) is 0.934. The second-order valence-corrected chi connectivity index (χ2v) is 6.88. The summed E-state index contributed by atoms with van der Waals surface area (Å²) in [5.74, 6) is 1.66. The molecule has 0 saturated carbocycles. The highest BCUT2D eigenvalue weighted by Gasteiger charge is 2.36. The molecule has 1 aromatic heterocycles. The van der Waals surface area contributed by atoms with Gasteiger partial charge < -0.3 is 19.9 Å². The molecule has 0 saturated heterocycles. The first-order chi connectivity index (χ1) is 12.7. The van der Waals surface area contributed by atoms with Crippen LogP contribution in [0.1, 0.15) is 16.4 Å². The zero-order valence-electron chi connectivity index (χ0n) is 14.3. The second kappa shape index (κ2) is 6.28. The van der Waals surface area contributed by atoms with E-state index in [1.54, 1.807) is 25.6 Å². The second-order valence-electron chi connectivity index (χ2n) is 5.80. The molecule has 0 radical (unpaired) electrons. The Hall–Kier alpha value is -3.17. The van der Waals surface area contributed by atoms with Crippen LogP contribution in [0.3, 0.4) is 0 Å². The fourth-order valence-electron chi connectivity index (χ4n) is 3.33. The van der Waals surface area contributed by atoms with Gasteiger partial charge in [0.25, 0.3) is 0 Å². The van der Waals surface area contributed by atoms with E-state index < -0.39 is 0 Å². The highest BCUT2D eigenvalue weighted by atomic mass is 32.1. The quantitative estimate of drug-likeness (QED) is 0.756. The van der Waals surface area contributed by atoms with Crippen LogP contribution in [0.4, 0.5) is 0 Å². The van der Waals surface area contributed by atoms with E-state index in [0.717, 1.165) is 20.5 Å². The van der Waals surface area contributed by atoms with Gasteiger partial charge in [-0.25, -0.2) is 0 Å². The van der Waals surface area contributed by atoms with Crippen molar-refractivity contribution < 1.29 is 14.2 Å².